The van der Waals surface area contributed by atoms with E-state index in [1.165, 1.54) is 0 Å². The highest BCUT2D eigenvalue weighted by atomic mass is 32.2. The number of aryl methyl sites for hydroxylation is 2. The van der Waals surface area contributed by atoms with Crippen LogP contribution in [0.15, 0.2) is 45.4 Å². The van der Waals surface area contributed by atoms with E-state index in [4.69, 9.17) is 4.52 Å². The predicted octanol–water partition coefficient (Wildman–Crippen LogP) is 2.12. The molecular formula is C14H16N4O3S2. The van der Waals surface area contributed by atoms with Gasteiger partial charge in [-0.1, -0.05) is 11.2 Å². The number of sulfonamides is 1. The second kappa shape index (κ2) is 6.26. The number of rotatable bonds is 6. The molecule has 1 unspecified atom stereocenters. The highest BCUT2D eigenvalue weighted by Gasteiger charge is 2.26. The Morgan fingerprint density at radius 2 is 2.22 bits per heavy atom. The Morgan fingerprint density at radius 3 is 2.78 bits per heavy atom. The lowest BCUT2D eigenvalue weighted by Crippen LogP contribution is -2.31. The van der Waals surface area contributed by atoms with Gasteiger partial charge in [0.2, 0.25) is 10.0 Å². The summed E-state index contributed by atoms with van der Waals surface area (Å²) in [7, 11) is -3.70. The molecule has 0 radical (unpaired) electrons. The number of nitrogens with one attached hydrogen (secondary N) is 1. The van der Waals surface area contributed by atoms with Crippen molar-refractivity contribution >= 4 is 21.4 Å². The van der Waals surface area contributed by atoms with Crippen molar-refractivity contribution < 1.29 is 12.9 Å². The van der Waals surface area contributed by atoms with E-state index in [1.54, 1.807) is 36.1 Å². The van der Waals surface area contributed by atoms with Crippen molar-refractivity contribution in [3.05, 3.63) is 52.3 Å². The van der Waals surface area contributed by atoms with E-state index in [-0.39, 0.29) is 23.2 Å². The van der Waals surface area contributed by atoms with E-state index in [0.717, 1.165) is 4.88 Å². The molecule has 0 spiro atoms. The summed E-state index contributed by atoms with van der Waals surface area (Å²) in [6.45, 7) is 3.38. The third-order valence-corrected chi connectivity index (χ3v) is 6.06. The highest BCUT2D eigenvalue weighted by Crippen LogP contribution is 2.24. The summed E-state index contributed by atoms with van der Waals surface area (Å²) < 4.78 is 34.4. The van der Waals surface area contributed by atoms with E-state index in [9.17, 15) is 8.42 Å². The Hall–Kier alpha value is -1.97. The van der Waals surface area contributed by atoms with Crippen LogP contribution in [0.4, 0.5) is 0 Å². The quantitative estimate of drug-likeness (QED) is 0.734. The molecule has 0 saturated heterocycles. The molecule has 1 atom stereocenters. The summed E-state index contributed by atoms with van der Waals surface area (Å²) in [5, 5.41) is 9.88. The lowest BCUT2D eigenvalue weighted by atomic mass is 10.2. The van der Waals surface area contributed by atoms with Crippen LogP contribution in [0, 0.1) is 13.8 Å². The van der Waals surface area contributed by atoms with E-state index in [2.05, 4.69) is 15.0 Å². The fraction of sp³-hybridized carbons (Fsp3) is 0.286. The van der Waals surface area contributed by atoms with Crippen molar-refractivity contribution in [2.24, 2.45) is 0 Å². The second-order valence-corrected chi connectivity index (χ2v) is 7.71. The number of nitrogens with zero attached hydrogens (tertiary/aromatic N) is 3. The van der Waals surface area contributed by atoms with Gasteiger partial charge in [-0.25, -0.2) is 13.1 Å². The maximum absolute atomic E-state index is 12.5. The lowest BCUT2D eigenvalue weighted by Gasteiger charge is -2.17. The molecule has 3 heterocycles. The molecule has 23 heavy (non-hydrogen) atoms. The largest absolute Gasteiger partial charge is 0.360 e. The summed E-state index contributed by atoms with van der Waals surface area (Å²) in [5.74, 6) is 0.279. The highest BCUT2D eigenvalue weighted by molar-refractivity contribution is 7.89. The standard InChI is InChI=1S/C14H16N4O3S2/c1-10-14(11(2)21-17-10)23(19,20)16-9-12(13-5-3-8-22-13)18-7-4-6-15-18/h3-8,12,16H,9H2,1-2H3. The summed E-state index contributed by atoms with van der Waals surface area (Å²) in [6, 6.07) is 5.49. The van der Waals surface area contributed by atoms with Gasteiger partial charge in [0.15, 0.2) is 5.76 Å². The molecule has 0 amide bonds. The zero-order chi connectivity index (χ0) is 16.4. The maximum Gasteiger partial charge on any atom is 0.246 e. The summed E-state index contributed by atoms with van der Waals surface area (Å²) >= 11 is 1.56. The van der Waals surface area contributed by atoms with Crippen molar-refractivity contribution in [1.29, 1.82) is 0 Å². The molecule has 9 heteroatoms. The van der Waals surface area contributed by atoms with Gasteiger partial charge in [0, 0.05) is 23.8 Å². The van der Waals surface area contributed by atoms with E-state index in [1.807, 2.05) is 29.8 Å². The van der Waals surface area contributed by atoms with Crippen molar-refractivity contribution in [2.75, 3.05) is 6.54 Å². The summed E-state index contributed by atoms with van der Waals surface area (Å²) in [6.07, 6.45) is 3.48. The Labute approximate surface area is 138 Å². The topological polar surface area (TPSA) is 90.0 Å². The van der Waals surface area contributed by atoms with E-state index >= 15 is 0 Å². The monoisotopic (exact) mass is 352 g/mol. The van der Waals surface area contributed by atoms with Crippen LogP contribution >= 0.6 is 11.3 Å². The van der Waals surface area contributed by atoms with Crippen molar-refractivity contribution in [3.63, 3.8) is 0 Å². The molecule has 0 aliphatic carbocycles. The zero-order valence-electron chi connectivity index (χ0n) is 12.6. The molecule has 0 aliphatic rings. The van der Waals surface area contributed by atoms with Crippen LogP contribution in [0.3, 0.4) is 0 Å². The molecule has 122 valence electrons. The maximum atomic E-state index is 12.5. The third kappa shape index (κ3) is 3.21. The molecule has 0 saturated carbocycles. The van der Waals surface area contributed by atoms with Gasteiger partial charge in [0.1, 0.15) is 10.6 Å². The average molecular weight is 352 g/mol. The Kier molecular flexibility index (Phi) is 4.33. The van der Waals surface area contributed by atoms with Gasteiger partial charge >= 0.3 is 0 Å². The van der Waals surface area contributed by atoms with Gasteiger partial charge in [-0.2, -0.15) is 5.10 Å². The number of hydrogen-bond acceptors (Lipinski definition) is 6. The van der Waals surface area contributed by atoms with Crippen molar-refractivity contribution in [3.8, 4) is 0 Å². The Balaban J connectivity index is 1.85. The van der Waals surface area contributed by atoms with Gasteiger partial charge in [0.25, 0.3) is 0 Å². The van der Waals surface area contributed by atoms with Gasteiger partial charge in [0.05, 0.1) is 6.04 Å². The van der Waals surface area contributed by atoms with Crippen LogP contribution in [0.1, 0.15) is 22.4 Å². The molecule has 3 aromatic heterocycles. The first-order chi connectivity index (χ1) is 11.0. The van der Waals surface area contributed by atoms with E-state index in [0.29, 0.717) is 5.69 Å². The lowest BCUT2D eigenvalue weighted by molar-refractivity contribution is 0.390. The van der Waals surface area contributed by atoms with Crippen LogP contribution < -0.4 is 4.72 Å². The van der Waals surface area contributed by atoms with Crippen LogP contribution in [0.2, 0.25) is 0 Å². The predicted molar refractivity (Wildman–Crippen MR) is 85.9 cm³/mol. The van der Waals surface area contributed by atoms with Gasteiger partial charge < -0.3 is 4.52 Å². The second-order valence-electron chi connectivity index (χ2n) is 5.02. The zero-order valence-corrected chi connectivity index (χ0v) is 14.3. The SMILES string of the molecule is Cc1noc(C)c1S(=O)(=O)NCC(c1cccs1)n1cccn1. The fourth-order valence-electron chi connectivity index (χ4n) is 2.39. The molecule has 0 bridgehead atoms. The smallest absolute Gasteiger partial charge is 0.246 e. The molecule has 0 fully saturated rings. The first kappa shape index (κ1) is 15.9. The number of thiophene rings is 1. The molecule has 0 aromatic carbocycles. The normalized spacial score (nSPS) is 13.3. The van der Waals surface area contributed by atoms with Crippen molar-refractivity contribution in [1.82, 2.24) is 19.7 Å². The average Bonchev–Trinajstić information content (AvgIpc) is 3.22. The van der Waals surface area contributed by atoms with Gasteiger partial charge in [-0.15, -0.1) is 11.3 Å². The Morgan fingerprint density at radius 1 is 1.39 bits per heavy atom. The Bertz CT molecular complexity index is 814. The van der Waals surface area contributed by atoms with Crippen LogP contribution in [0.5, 0.6) is 0 Å². The van der Waals surface area contributed by atoms with Gasteiger partial charge in [-0.3, -0.25) is 4.68 Å². The first-order valence-electron chi connectivity index (χ1n) is 6.94. The summed E-state index contributed by atoms with van der Waals surface area (Å²) in [4.78, 5) is 1.12. The van der Waals surface area contributed by atoms with Gasteiger partial charge in [-0.05, 0) is 31.4 Å². The molecule has 3 aromatic rings. The van der Waals surface area contributed by atoms with Crippen LogP contribution in [-0.2, 0) is 10.0 Å². The van der Waals surface area contributed by atoms with Crippen molar-refractivity contribution in [2.45, 2.75) is 24.8 Å². The van der Waals surface area contributed by atoms with Crippen LogP contribution in [-0.4, -0.2) is 29.9 Å². The molecule has 1 N–H and O–H groups in total. The fourth-order valence-corrected chi connectivity index (χ4v) is 4.57. The number of hydrogen-bond donors (Lipinski definition) is 1. The minimum Gasteiger partial charge on any atom is -0.360 e. The molecule has 0 aliphatic heterocycles. The minimum absolute atomic E-state index is 0.0999. The minimum atomic E-state index is -3.70. The number of aromatic nitrogens is 3. The molecule has 7 nitrogen and oxygen atoms in total. The van der Waals surface area contributed by atoms with Crippen LogP contribution in [0.25, 0.3) is 0 Å². The molecule has 3 rings (SSSR count). The summed E-state index contributed by atoms with van der Waals surface area (Å²) in [5.41, 5.74) is 0.349. The molecular weight excluding hydrogens is 336 g/mol. The first-order valence-corrected chi connectivity index (χ1v) is 9.30. The third-order valence-electron chi connectivity index (χ3n) is 3.42. The van der Waals surface area contributed by atoms with E-state index < -0.39 is 10.0 Å².